The van der Waals surface area contributed by atoms with Gasteiger partial charge in [0.05, 0.1) is 11.6 Å². The van der Waals surface area contributed by atoms with Crippen molar-refractivity contribution in [3.8, 4) is 0 Å². The molecule has 0 aromatic heterocycles. The Kier molecular flexibility index (Phi) is 3.76. The maximum absolute atomic E-state index is 13.7. The Morgan fingerprint density at radius 3 is 2.25 bits per heavy atom. The summed E-state index contributed by atoms with van der Waals surface area (Å²) in [6.45, 7) is 0. The van der Waals surface area contributed by atoms with Gasteiger partial charge in [-0.15, -0.1) is 0 Å². The minimum absolute atomic E-state index is 0.197. The summed E-state index contributed by atoms with van der Waals surface area (Å²) in [4.78, 5) is 0. The van der Waals surface area contributed by atoms with E-state index in [0.29, 0.717) is 18.2 Å². The second-order valence-electron chi connectivity index (χ2n) is 4.27. The summed E-state index contributed by atoms with van der Waals surface area (Å²) < 4.78 is 64.6. The van der Waals surface area contributed by atoms with Crippen LogP contribution in [0.25, 0.3) is 0 Å². The quantitative estimate of drug-likeness (QED) is 0.829. The smallest absolute Gasteiger partial charge is 0.320 e. The third-order valence-electron chi connectivity index (χ3n) is 2.87. The monoisotopic (exact) mass is 287 g/mol. The zero-order valence-electron chi connectivity index (χ0n) is 10.1. The van der Waals surface area contributed by atoms with Crippen LogP contribution in [0.3, 0.4) is 0 Å². The Bertz CT molecular complexity index is 621. The van der Waals surface area contributed by atoms with E-state index >= 15 is 0 Å². The number of nitrogens with two attached hydrogens (primary N) is 1. The van der Waals surface area contributed by atoms with Crippen molar-refractivity contribution in [3.63, 3.8) is 0 Å². The van der Waals surface area contributed by atoms with Crippen LogP contribution < -0.4 is 5.73 Å². The van der Waals surface area contributed by atoms with Gasteiger partial charge in [0.25, 0.3) is 0 Å². The van der Waals surface area contributed by atoms with Gasteiger partial charge in [-0.3, -0.25) is 0 Å². The lowest BCUT2D eigenvalue weighted by Crippen LogP contribution is -2.16. The first-order valence-electron chi connectivity index (χ1n) is 5.66. The van der Waals surface area contributed by atoms with Crippen LogP contribution in [0.5, 0.6) is 0 Å². The molecule has 2 aromatic carbocycles. The van der Waals surface area contributed by atoms with Crippen LogP contribution in [0.2, 0.25) is 0 Å². The van der Waals surface area contributed by atoms with Crippen LogP contribution in [-0.4, -0.2) is 0 Å². The SMILES string of the molecule is NC(c1cccc(F)c1)c1cc(C(F)(F)F)ccc1F. The van der Waals surface area contributed by atoms with Crippen molar-refractivity contribution in [1.29, 1.82) is 0 Å². The lowest BCUT2D eigenvalue weighted by molar-refractivity contribution is -0.137. The average Bonchev–Trinajstić information content (AvgIpc) is 2.37. The minimum Gasteiger partial charge on any atom is -0.320 e. The molecule has 0 bridgehead atoms. The van der Waals surface area contributed by atoms with Crippen LogP contribution in [0, 0.1) is 11.6 Å². The molecule has 0 aliphatic heterocycles. The maximum atomic E-state index is 13.7. The molecular formula is C14H10F5N. The molecule has 0 fully saturated rings. The van der Waals surface area contributed by atoms with Crippen LogP contribution in [-0.2, 0) is 6.18 Å². The molecule has 0 amide bonds. The summed E-state index contributed by atoms with van der Waals surface area (Å²) in [5.41, 5.74) is 4.59. The van der Waals surface area contributed by atoms with Gasteiger partial charge in [-0.25, -0.2) is 8.78 Å². The van der Waals surface area contributed by atoms with Gasteiger partial charge in [-0.05, 0) is 35.9 Å². The molecule has 1 nitrogen and oxygen atoms in total. The molecular weight excluding hydrogens is 277 g/mol. The highest BCUT2D eigenvalue weighted by Crippen LogP contribution is 2.32. The van der Waals surface area contributed by atoms with Crippen molar-refractivity contribution < 1.29 is 22.0 Å². The van der Waals surface area contributed by atoms with Gasteiger partial charge in [-0.1, -0.05) is 12.1 Å². The highest BCUT2D eigenvalue weighted by Gasteiger charge is 2.31. The molecule has 2 aromatic rings. The van der Waals surface area contributed by atoms with Gasteiger partial charge in [0, 0.05) is 5.56 Å². The van der Waals surface area contributed by atoms with E-state index in [9.17, 15) is 22.0 Å². The minimum atomic E-state index is -4.59. The van der Waals surface area contributed by atoms with Crippen molar-refractivity contribution in [2.75, 3.05) is 0 Å². The van der Waals surface area contributed by atoms with Gasteiger partial charge < -0.3 is 5.73 Å². The summed E-state index contributed by atoms with van der Waals surface area (Å²) >= 11 is 0. The Hall–Kier alpha value is -1.95. The van der Waals surface area contributed by atoms with E-state index in [0.717, 1.165) is 6.07 Å². The number of hydrogen-bond donors (Lipinski definition) is 1. The fourth-order valence-corrected chi connectivity index (χ4v) is 1.84. The summed E-state index contributed by atoms with van der Waals surface area (Å²) in [6, 6.07) is 5.82. The molecule has 0 aliphatic rings. The van der Waals surface area contributed by atoms with E-state index in [-0.39, 0.29) is 11.1 Å². The topological polar surface area (TPSA) is 26.0 Å². The zero-order valence-corrected chi connectivity index (χ0v) is 10.1. The van der Waals surface area contributed by atoms with E-state index in [1.54, 1.807) is 0 Å². The third kappa shape index (κ3) is 2.96. The molecule has 0 spiro atoms. The largest absolute Gasteiger partial charge is 0.416 e. The van der Waals surface area contributed by atoms with E-state index < -0.39 is 29.4 Å². The predicted molar refractivity (Wildman–Crippen MR) is 63.8 cm³/mol. The van der Waals surface area contributed by atoms with Crippen LogP contribution in [0.15, 0.2) is 42.5 Å². The molecule has 0 saturated carbocycles. The maximum Gasteiger partial charge on any atom is 0.416 e. The molecule has 1 atom stereocenters. The van der Waals surface area contributed by atoms with Crippen LogP contribution in [0.4, 0.5) is 22.0 Å². The van der Waals surface area contributed by atoms with Crippen molar-refractivity contribution in [3.05, 3.63) is 70.8 Å². The van der Waals surface area contributed by atoms with Gasteiger partial charge in [-0.2, -0.15) is 13.2 Å². The van der Waals surface area contributed by atoms with Crippen molar-refractivity contribution in [2.24, 2.45) is 5.73 Å². The highest BCUT2D eigenvalue weighted by molar-refractivity contribution is 5.36. The Labute approximate surface area is 111 Å². The second kappa shape index (κ2) is 5.20. The fraction of sp³-hybridized carbons (Fsp3) is 0.143. The highest BCUT2D eigenvalue weighted by atomic mass is 19.4. The molecule has 6 heteroatoms. The Morgan fingerprint density at radius 1 is 0.950 bits per heavy atom. The molecule has 2 rings (SSSR count). The normalized spacial score (nSPS) is 13.3. The molecule has 0 radical (unpaired) electrons. The fourth-order valence-electron chi connectivity index (χ4n) is 1.84. The summed E-state index contributed by atoms with van der Waals surface area (Å²) in [5, 5.41) is 0. The van der Waals surface area contributed by atoms with Crippen molar-refractivity contribution in [1.82, 2.24) is 0 Å². The van der Waals surface area contributed by atoms with Crippen LogP contribution >= 0.6 is 0 Å². The molecule has 0 aliphatic carbocycles. The first-order chi connectivity index (χ1) is 9.29. The van der Waals surface area contributed by atoms with Crippen molar-refractivity contribution in [2.45, 2.75) is 12.2 Å². The number of halogens is 5. The average molecular weight is 287 g/mol. The summed E-state index contributed by atoms with van der Waals surface area (Å²) in [5.74, 6) is -1.46. The lowest BCUT2D eigenvalue weighted by atomic mass is 9.97. The lowest BCUT2D eigenvalue weighted by Gasteiger charge is -2.16. The third-order valence-corrected chi connectivity index (χ3v) is 2.87. The van der Waals surface area contributed by atoms with E-state index in [1.165, 1.54) is 18.2 Å². The number of hydrogen-bond acceptors (Lipinski definition) is 1. The molecule has 0 heterocycles. The number of alkyl halides is 3. The molecule has 1 unspecified atom stereocenters. The van der Waals surface area contributed by atoms with Gasteiger partial charge >= 0.3 is 6.18 Å². The molecule has 106 valence electrons. The van der Waals surface area contributed by atoms with Crippen molar-refractivity contribution >= 4 is 0 Å². The van der Waals surface area contributed by atoms with Gasteiger partial charge in [0.15, 0.2) is 0 Å². The van der Waals surface area contributed by atoms with E-state index in [2.05, 4.69) is 0 Å². The van der Waals surface area contributed by atoms with Gasteiger partial charge in [0.1, 0.15) is 11.6 Å². The number of benzene rings is 2. The van der Waals surface area contributed by atoms with E-state index in [1.807, 2.05) is 0 Å². The summed E-state index contributed by atoms with van der Waals surface area (Å²) in [6.07, 6.45) is -4.59. The summed E-state index contributed by atoms with van der Waals surface area (Å²) in [7, 11) is 0. The Balaban J connectivity index is 2.46. The Morgan fingerprint density at radius 2 is 1.65 bits per heavy atom. The zero-order chi connectivity index (χ0) is 14.9. The first-order valence-corrected chi connectivity index (χ1v) is 5.66. The van der Waals surface area contributed by atoms with Gasteiger partial charge in [0.2, 0.25) is 0 Å². The number of rotatable bonds is 2. The molecule has 20 heavy (non-hydrogen) atoms. The standard InChI is InChI=1S/C14H10F5N/c15-10-3-1-2-8(6-10)13(20)11-7-9(14(17,18)19)4-5-12(11)16/h1-7,13H,20H2. The first kappa shape index (κ1) is 14.5. The second-order valence-corrected chi connectivity index (χ2v) is 4.27. The predicted octanol–water partition coefficient (Wildman–Crippen LogP) is 4.03. The molecule has 2 N–H and O–H groups in total. The van der Waals surface area contributed by atoms with E-state index in [4.69, 9.17) is 5.73 Å². The van der Waals surface area contributed by atoms with Crippen LogP contribution in [0.1, 0.15) is 22.7 Å². The molecule has 0 saturated heterocycles.